The van der Waals surface area contributed by atoms with Crippen LogP contribution < -0.4 is 16.0 Å². The van der Waals surface area contributed by atoms with Gasteiger partial charge in [0.05, 0.1) is 6.04 Å². The van der Waals surface area contributed by atoms with Crippen LogP contribution in [0.5, 0.6) is 5.75 Å². The molecular formula is C24H33N3O8. The minimum Gasteiger partial charge on any atom is -0.507 e. The summed E-state index contributed by atoms with van der Waals surface area (Å²) in [5.74, 6) is -3.73. The second kappa shape index (κ2) is 9.05. The number of carbonyl (C=O) groups excluding carboxylic acids is 3. The van der Waals surface area contributed by atoms with Gasteiger partial charge in [0.25, 0.3) is 5.91 Å². The topological polar surface area (TPSA) is 166 Å². The van der Waals surface area contributed by atoms with Crippen molar-refractivity contribution in [1.82, 2.24) is 16.0 Å². The molecule has 192 valence electrons. The number of amides is 2. The molecular weight excluding hydrogens is 458 g/mol. The Balaban J connectivity index is 1.52. The highest BCUT2D eigenvalue weighted by atomic mass is 16.6. The molecule has 2 bridgehead atoms. The van der Waals surface area contributed by atoms with Crippen molar-refractivity contribution in [3.63, 3.8) is 0 Å². The number of carbonyl (C=O) groups is 3. The maximum Gasteiger partial charge on any atom is 0.342 e. The number of phenolic OH excluding ortho intramolecular Hbond substituents is 1. The van der Waals surface area contributed by atoms with E-state index in [-0.39, 0.29) is 36.0 Å². The van der Waals surface area contributed by atoms with Crippen LogP contribution in [0.4, 0.5) is 0 Å². The van der Waals surface area contributed by atoms with Crippen molar-refractivity contribution in [3.05, 3.63) is 29.3 Å². The third-order valence-electron chi connectivity index (χ3n) is 7.05. The van der Waals surface area contributed by atoms with E-state index >= 15 is 0 Å². The van der Waals surface area contributed by atoms with Crippen LogP contribution in [0.15, 0.2) is 18.2 Å². The van der Waals surface area contributed by atoms with E-state index in [0.29, 0.717) is 12.0 Å². The highest BCUT2D eigenvalue weighted by molar-refractivity contribution is 5.95. The Morgan fingerprint density at radius 3 is 2.66 bits per heavy atom. The first kappa shape index (κ1) is 25.4. The van der Waals surface area contributed by atoms with Crippen molar-refractivity contribution in [2.24, 2.45) is 5.92 Å². The molecule has 0 aromatic heterocycles. The van der Waals surface area contributed by atoms with E-state index in [1.165, 1.54) is 13.0 Å². The first-order valence-corrected chi connectivity index (χ1v) is 11.8. The molecule has 7 atom stereocenters. The van der Waals surface area contributed by atoms with Gasteiger partial charge in [0, 0.05) is 18.9 Å². The number of cyclic esters (lactones) is 1. The van der Waals surface area contributed by atoms with Gasteiger partial charge in [-0.3, -0.25) is 14.9 Å². The first-order valence-electron chi connectivity index (χ1n) is 11.8. The van der Waals surface area contributed by atoms with Crippen LogP contribution in [0.25, 0.3) is 0 Å². The first-order chi connectivity index (χ1) is 16.3. The van der Waals surface area contributed by atoms with Crippen molar-refractivity contribution in [2.75, 3.05) is 0 Å². The predicted octanol–water partition coefficient (Wildman–Crippen LogP) is -0.333. The summed E-state index contributed by atoms with van der Waals surface area (Å²) >= 11 is 0. The van der Waals surface area contributed by atoms with Crippen molar-refractivity contribution in [3.8, 4) is 5.75 Å². The molecule has 0 spiro atoms. The monoisotopic (exact) mass is 491 g/mol. The van der Waals surface area contributed by atoms with Crippen LogP contribution in [-0.4, -0.2) is 74.9 Å². The lowest BCUT2D eigenvalue weighted by atomic mass is 9.87. The van der Waals surface area contributed by atoms with Gasteiger partial charge in [-0.2, -0.15) is 0 Å². The third-order valence-corrected chi connectivity index (χ3v) is 7.05. The molecule has 1 aromatic carbocycles. The van der Waals surface area contributed by atoms with Crippen LogP contribution in [0.1, 0.15) is 56.5 Å². The smallest absolute Gasteiger partial charge is 0.342 e. The fourth-order valence-corrected chi connectivity index (χ4v) is 5.09. The minimum atomic E-state index is -1.90. The lowest BCUT2D eigenvalue weighted by molar-refractivity contribution is -0.312. The number of aliphatic hydroxyl groups is 2. The Bertz CT molecular complexity index is 1030. The fourth-order valence-electron chi connectivity index (χ4n) is 5.09. The van der Waals surface area contributed by atoms with Gasteiger partial charge in [0.1, 0.15) is 29.2 Å². The maximum atomic E-state index is 13.2. The molecule has 3 heterocycles. The Morgan fingerprint density at radius 1 is 1.26 bits per heavy atom. The molecule has 0 saturated carbocycles. The number of fused-ring (bicyclic) bond motifs is 3. The van der Waals surface area contributed by atoms with Crippen LogP contribution in [0.3, 0.4) is 0 Å². The Labute approximate surface area is 203 Å². The zero-order chi connectivity index (χ0) is 25.7. The highest BCUT2D eigenvalue weighted by Crippen LogP contribution is 2.35. The third kappa shape index (κ3) is 4.73. The van der Waals surface area contributed by atoms with Gasteiger partial charge in [-0.05, 0) is 37.8 Å². The van der Waals surface area contributed by atoms with Gasteiger partial charge in [-0.25, -0.2) is 4.79 Å². The Morgan fingerprint density at radius 2 is 1.97 bits per heavy atom. The van der Waals surface area contributed by atoms with E-state index in [4.69, 9.17) is 9.47 Å². The minimum absolute atomic E-state index is 0.0450. The van der Waals surface area contributed by atoms with Crippen LogP contribution in [0, 0.1) is 5.92 Å². The summed E-state index contributed by atoms with van der Waals surface area (Å²) in [4.78, 5) is 37.9. The predicted molar refractivity (Wildman–Crippen MR) is 122 cm³/mol. The summed E-state index contributed by atoms with van der Waals surface area (Å²) in [5, 5.41) is 40.2. The number of ether oxygens (including phenoxy) is 2. The SMILES string of the molecule is CC(C)CC(NC(=O)C(O)C1OC(C)(O)C2(C)NC(=O)CC1N2)C1Cc2cccc(O)c2C(=O)O1. The van der Waals surface area contributed by atoms with Gasteiger partial charge < -0.3 is 35.4 Å². The van der Waals surface area contributed by atoms with E-state index in [1.807, 2.05) is 13.8 Å². The molecule has 0 radical (unpaired) electrons. The zero-order valence-electron chi connectivity index (χ0n) is 20.2. The summed E-state index contributed by atoms with van der Waals surface area (Å²) in [6, 6.07) is 3.43. The van der Waals surface area contributed by atoms with Gasteiger partial charge in [0.15, 0.2) is 11.9 Å². The van der Waals surface area contributed by atoms with E-state index < -0.39 is 53.7 Å². The number of esters is 1. The number of aliphatic hydroxyl groups excluding tert-OH is 1. The van der Waals surface area contributed by atoms with Crippen molar-refractivity contribution >= 4 is 17.8 Å². The highest BCUT2D eigenvalue weighted by Gasteiger charge is 2.58. The van der Waals surface area contributed by atoms with Crippen molar-refractivity contribution in [1.29, 1.82) is 0 Å². The molecule has 11 heteroatoms. The summed E-state index contributed by atoms with van der Waals surface area (Å²) in [6.07, 6.45) is -2.93. The van der Waals surface area contributed by atoms with E-state index in [2.05, 4.69) is 16.0 Å². The number of aromatic hydroxyl groups is 1. The number of hydrogen-bond acceptors (Lipinski definition) is 9. The molecule has 2 saturated heterocycles. The fraction of sp³-hybridized carbons (Fsp3) is 0.625. The van der Waals surface area contributed by atoms with E-state index in [1.54, 1.807) is 19.1 Å². The molecule has 3 aliphatic heterocycles. The van der Waals surface area contributed by atoms with Crippen molar-refractivity contribution in [2.45, 2.75) is 88.8 Å². The Kier molecular flexibility index (Phi) is 6.56. The van der Waals surface area contributed by atoms with E-state index in [0.717, 1.165) is 0 Å². The number of morpholine rings is 1. The summed E-state index contributed by atoms with van der Waals surface area (Å²) in [5.41, 5.74) is -0.561. The molecule has 7 unspecified atom stereocenters. The zero-order valence-corrected chi connectivity index (χ0v) is 20.2. The largest absolute Gasteiger partial charge is 0.507 e. The average Bonchev–Trinajstić information content (AvgIpc) is 2.74. The molecule has 6 N–H and O–H groups in total. The standard InChI is InChI=1S/C24H33N3O8/c1-11(2)8-13(16-9-12-6-5-7-15(28)18(12)22(32)34-16)25-21(31)19(30)20-14-10-17(29)27-23(3,26-14)24(4,33)35-20/h5-7,11,13-14,16,19-20,26,28,30,33H,8-10H2,1-4H3,(H,25,31)(H,27,29). The van der Waals surface area contributed by atoms with Crippen molar-refractivity contribution < 1.29 is 39.2 Å². The van der Waals surface area contributed by atoms with E-state index in [9.17, 15) is 29.7 Å². The molecule has 1 aromatic rings. The quantitative estimate of drug-likeness (QED) is 0.292. The van der Waals surface area contributed by atoms with Crippen LogP contribution in [0.2, 0.25) is 0 Å². The second-order valence-corrected chi connectivity index (χ2v) is 10.3. The molecule has 11 nitrogen and oxygen atoms in total. The molecule has 0 aliphatic carbocycles. The number of benzene rings is 1. The second-order valence-electron chi connectivity index (χ2n) is 10.3. The number of nitrogens with one attached hydrogen (secondary N) is 3. The number of rotatable bonds is 6. The molecule has 3 aliphatic rings. The number of hydrogen-bond donors (Lipinski definition) is 6. The molecule has 4 rings (SSSR count). The van der Waals surface area contributed by atoms with Gasteiger partial charge in [-0.1, -0.05) is 26.0 Å². The average molecular weight is 492 g/mol. The maximum absolute atomic E-state index is 13.2. The van der Waals surface area contributed by atoms with Gasteiger partial charge in [-0.15, -0.1) is 0 Å². The lowest BCUT2D eigenvalue weighted by Gasteiger charge is -2.55. The Hall–Kier alpha value is -2.73. The molecule has 35 heavy (non-hydrogen) atoms. The normalized spacial score (nSPS) is 33.9. The molecule has 2 amide bonds. The van der Waals surface area contributed by atoms with Crippen LogP contribution >= 0.6 is 0 Å². The summed E-state index contributed by atoms with van der Waals surface area (Å²) in [7, 11) is 0. The lowest BCUT2D eigenvalue weighted by Crippen LogP contribution is -2.82. The number of phenols is 1. The summed E-state index contributed by atoms with van der Waals surface area (Å²) < 4.78 is 11.3. The summed E-state index contributed by atoms with van der Waals surface area (Å²) in [6.45, 7) is 6.81. The van der Waals surface area contributed by atoms with Gasteiger partial charge in [0.2, 0.25) is 5.91 Å². The van der Waals surface area contributed by atoms with Crippen LogP contribution in [-0.2, 0) is 25.5 Å². The van der Waals surface area contributed by atoms with Gasteiger partial charge >= 0.3 is 5.97 Å². The molecule has 2 fully saturated rings.